The lowest BCUT2D eigenvalue weighted by atomic mass is 10.1. The van der Waals surface area contributed by atoms with Crippen LogP contribution in [0.1, 0.15) is 32.8 Å². The maximum absolute atomic E-state index is 5.68. The zero-order valence-corrected chi connectivity index (χ0v) is 11.8. The molecule has 0 aliphatic carbocycles. The average Bonchev–Trinajstić information content (AvgIpc) is 2.12. The van der Waals surface area contributed by atoms with Gasteiger partial charge in [0.1, 0.15) is 5.60 Å². The predicted molar refractivity (Wildman–Crippen MR) is 72.4 cm³/mol. The fourth-order valence-corrected chi connectivity index (χ4v) is 1.91. The van der Waals surface area contributed by atoms with Crippen molar-refractivity contribution in [3.8, 4) is 0 Å². The van der Waals surface area contributed by atoms with E-state index in [1.54, 1.807) is 0 Å². The van der Waals surface area contributed by atoms with Crippen LogP contribution in [-0.4, -0.2) is 5.60 Å². The molecule has 0 amide bonds. The Morgan fingerprint density at radius 2 is 2.06 bits per heavy atom. The van der Waals surface area contributed by atoms with Crippen LogP contribution >= 0.6 is 15.9 Å². The van der Waals surface area contributed by atoms with Crippen LogP contribution in [0.3, 0.4) is 0 Å². The fraction of sp³-hybridized carbons (Fsp3) is 0.429. The van der Waals surface area contributed by atoms with Crippen molar-refractivity contribution in [2.45, 2.75) is 39.2 Å². The second kappa shape index (κ2) is 5.53. The third kappa shape index (κ3) is 5.36. The van der Waals surface area contributed by atoms with E-state index >= 15 is 0 Å². The highest BCUT2D eigenvalue weighted by Crippen LogP contribution is 2.18. The molecule has 0 N–H and O–H groups in total. The molecule has 0 unspecified atom stereocenters. The van der Waals surface area contributed by atoms with Gasteiger partial charge in [0.2, 0.25) is 0 Å². The summed E-state index contributed by atoms with van der Waals surface area (Å²) >= 11 is 3.46. The molecular formula is C14H19BrO. The molecule has 1 aromatic carbocycles. The lowest BCUT2D eigenvalue weighted by Crippen LogP contribution is -2.18. The molecule has 16 heavy (non-hydrogen) atoms. The van der Waals surface area contributed by atoms with Crippen molar-refractivity contribution in [3.63, 3.8) is 0 Å². The highest BCUT2D eigenvalue weighted by Gasteiger charge is 2.12. The summed E-state index contributed by atoms with van der Waals surface area (Å²) in [5, 5.41) is 0. The highest BCUT2D eigenvalue weighted by molar-refractivity contribution is 9.10. The first-order chi connectivity index (χ1) is 7.37. The number of aryl methyl sites for hydroxylation is 1. The Morgan fingerprint density at radius 1 is 1.38 bits per heavy atom. The van der Waals surface area contributed by atoms with Gasteiger partial charge in [0.05, 0.1) is 5.76 Å². The molecule has 0 spiro atoms. The number of ether oxygens (including phenoxy) is 1. The zero-order chi connectivity index (χ0) is 12.2. The monoisotopic (exact) mass is 282 g/mol. The second-order valence-corrected chi connectivity index (χ2v) is 5.80. The molecule has 1 rings (SSSR count). The molecule has 0 fully saturated rings. The Balaban J connectivity index is 2.43. The number of halogens is 1. The van der Waals surface area contributed by atoms with E-state index in [0.717, 1.165) is 23.1 Å². The van der Waals surface area contributed by atoms with Crippen molar-refractivity contribution in [1.29, 1.82) is 0 Å². The van der Waals surface area contributed by atoms with Crippen LogP contribution in [0.15, 0.2) is 41.1 Å². The highest BCUT2D eigenvalue weighted by atomic mass is 79.9. The van der Waals surface area contributed by atoms with E-state index in [-0.39, 0.29) is 5.60 Å². The van der Waals surface area contributed by atoms with Gasteiger partial charge in [0, 0.05) is 10.9 Å². The van der Waals surface area contributed by atoms with Crippen LogP contribution in [0.4, 0.5) is 0 Å². The lowest BCUT2D eigenvalue weighted by Gasteiger charge is -2.22. The van der Waals surface area contributed by atoms with E-state index in [9.17, 15) is 0 Å². The van der Waals surface area contributed by atoms with E-state index < -0.39 is 0 Å². The van der Waals surface area contributed by atoms with Crippen molar-refractivity contribution in [2.24, 2.45) is 0 Å². The Kier molecular flexibility index (Phi) is 4.60. The third-order valence-corrected chi connectivity index (χ3v) is 2.53. The van der Waals surface area contributed by atoms with Crippen molar-refractivity contribution in [1.82, 2.24) is 0 Å². The molecule has 88 valence electrons. The molecular weight excluding hydrogens is 264 g/mol. The molecule has 0 atom stereocenters. The summed E-state index contributed by atoms with van der Waals surface area (Å²) in [7, 11) is 0. The first kappa shape index (κ1) is 13.3. The third-order valence-electron chi connectivity index (χ3n) is 2.03. The van der Waals surface area contributed by atoms with Gasteiger partial charge in [0.15, 0.2) is 0 Å². The maximum atomic E-state index is 5.68. The van der Waals surface area contributed by atoms with Crippen molar-refractivity contribution >= 4 is 15.9 Å². The maximum Gasteiger partial charge on any atom is 0.100 e. The molecule has 0 heterocycles. The van der Waals surface area contributed by atoms with E-state index in [1.807, 2.05) is 32.9 Å². The van der Waals surface area contributed by atoms with Gasteiger partial charge in [-0.1, -0.05) is 34.6 Å². The number of hydrogen-bond donors (Lipinski definition) is 0. The van der Waals surface area contributed by atoms with Crippen LogP contribution in [0.5, 0.6) is 0 Å². The Bertz CT molecular complexity index is 363. The molecule has 0 radical (unpaired) electrons. The van der Waals surface area contributed by atoms with Gasteiger partial charge >= 0.3 is 0 Å². The summed E-state index contributed by atoms with van der Waals surface area (Å²) in [5.41, 5.74) is 1.15. The number of hydrogen-bond acceptors (Lipinski definition) is 1. The molecule has 0 aliphatic heterocycles. The minimum Gasteiger partial charge on any atom is -0.493 e. The Labute approximate surface area is 107 Å². The van der Waals surface area contributed by atoms with E-state index in [4.69, 9.17) is 4.74 Å². The Morgan fingerprint density at radius 3 is 2.62 bits per heavy atom. The minimum absolute atomic E-state index is 0.144. The largest absolute Gasteiger partial charge is 0.493 e. The van der Waals surface area contributed by atoms with Gasteiger partial charge in [-0.3, -0.25) is 0 Å². The van der Waals surface area contributed by atoms with Crippen LogP contribution in [0.25, 0.3) is 0 Å². The molecule has 1 nitrogen and oxygen atoms in total. The topological polar surface area (TPSA) is 9.23 Å². The van der Waals surface area contributed by atoms with Gasteiger partial charge < -0.3 is 4.74 Å². The zero-order valence-electron chi connectivity index (χ0n) is 10.2. The molecule has 0 saturated carbocycles. The predicted octanol–water partition coefficient (Wildman–Crippen LogP) is 4.71. The normalized spacial score (nSPS) is 11.2. The Hall–Kier alpha value is -0.760. The van der Waals surface area contributed by atoms with Gasteiger partial charge in [-0.25, -0.2) is 0 Å². The van der Waals surface area contributed by atoms with Crippen LogP contribution in [-0.2, 0) is 11.2 Å². The first-order valence-electron chi connectivity index (χ1n) is 5.48. The molecule has 0 aliphatic rings. The molecule has 0 saturated heterocycles. The van der Waals surface area contributed by atoms with E-state index in [1.165, 1.54) is 5.56 Å². The van der Waals surface area contributed by atoms with E-state index in [2.05, 4.69) is 34.6 Å². The van der Waals surface area contributed by atoms with E-state index in [0.29, 0.717) is 0 Å². The second-order valence-electron chi connectivity index (χ2n) is 4.88. The smallest absolute Gasteiger partial charge is 0.100 e. The summed E-state index contributed by atoms with van der Waals surface area (Å²) < 4.78 is 6.80. The van der Waals surface area contributed by atoms with Gasteiger partial charge in [-0.05, 0) is 44.9 Å². The van der Waals surface area contributed by atoms with Gasteiger partial charge in [-0.15, -0.1) is 0 Å². The number of rotatable bonds is 4. The lowest BCUT2D eigenvalue weighted by molar-refractivity contribution is 0.0480. The minimum atomic E-state index is -0.144. The molecule has 1 aromatic rings. The SMILES string of the molecule is C=C(CCc1cccc(Br)c1)OC(C)(C)C. The molecule has 2 heteroatoms. The molecule has 0 aromatic heterocycles. The van der Waals surface area contributed by atoms with Crippen LogP contribution < -0.4 is 0 Å². The summed E-state index contributed by atoms with van der Waals surface area (Å²) in [5.74, 6) is 0.854. The number of benzene rings is 1. The summed E-state index contributed by atoms with van der Waals surface area (Å²) in [4.78, 5) is 0. The van der Waals surface area contributed by atoms with Gasteiger partial charge in [0.25, 0.3) is 0 Å². The summed E-state index contributed by atoms with van der Waals surface area (Å²) in [6, 6.07) is 8.33. The average molecular weight is 283 g/mol. The quantitative estimate of drug-likeness (QED) is 0.727. The van der Waals surface area contributed by atoms with Crippen molar-refractivity contribution in [2.75, 3.05) is 0 Å². The number of allylic oxidation sites excluding steroid dienone is 1. The summed E-state index contributed by atoms with van der Waals surface area (Å²) in [6.45, 7) is 10.1. The summed E-state index contributed by atoms with van der Waals surface area (Å²) in [6.07, 6.45) is 1.84. The van der Waals surface area contributed by atoms with Crippen LogP contribution in [0.2, 0.25) is 0 Å². The van der Waals surface area contributed by atoms with Crippen molar-refractivity contribution < 1.29 is 4.74 Å². The van der Waals surface area contributed by atoms with Crippen molar-refractivity contribution in [3.05, 3.63) is 46.6 Å². The first-order valence-corrected chi connectivity index (χ1v) is 6.27. The van der Waals surface area contributed by atoms with Crippen LogP contribution in [0, 0.1) is 0 Å². The molecule has 0 bridgehead atoms. The fourth-order valence-electron chi connectivity index (χ4n) is 1.46. The standard InChI is InChI=1S/C14H19BrO/c1-11(16-14(2,3)4)8-9-12-6-5-7-13(15)10-12/h5-7,10H,1,8-9H2,2-4H3. The van der Waals surface area contributed by atoms with Gasteiger partial charge in [-0.2, -0.15) is 0 Å².